The first-order valence-corrected chi connectivity index (χ1v) is 8.41. The van der Waals surface area contributed by atoms with Gasteiger partial charge in [0.15, 0.2) is 0 Å². The number of benzene rings is 2. The lowest BCUT2D eigenvalue weighted by atomic mass is 10.1. The highest BCUT2D eigenvalue weighted by Crippen LogP contribution is 2.15. The van der Waals surface area contributed by atoms with Crippen LogP contribution in [0.2, 0.25) is 0 Å². The summed E-state index contributed by atoms with van der Waals surface area (Å²) in [7, 11) is 0. The minimum atomic E-state index is -0.147. The number of ether oxygens (including phenoxy) is 1. The molecule has 0 unspecified atom stereocenters. The van der Waals surface area contributed by atoms with Crippen LogP contribution in [0.5, 0.6) is 5.75 Å². The van der Waals surface area contributed by atoms with Crippen molar-refractivity contribution in [2.75, 3.05) is 19.7 Å². The molecule has 0 aromatic heterocycles. The summed E-state index contributed by atoms with van der Waals surface area (Å²) in [5.41, 5.74) is 3.74. The molecule has 0 aliphatic heterocycles. The van der Waals surface area contributed by atoms with Gasteiger partial charge in [-0.25, -0.2) is 4.79 Å². The topological polar surface area (TPSA) is 50.4 Å². The summed E-state index contributed by atoms with van der Waals surface area (Å²) >= 11 is 0. The Bertz CT molecular complexity index is 641. The first kappa shape index (κ1) is 17.9. The molecule has 2 aromatic carbocycles. The first-order valence-electron chi connectivity index (χ1n) is 8.41. The maximum atomic E-state index is 11.7. The maximum Gasteiger partial charge on any atom is 0.314 e. The van der Waals surface area contributed by atoms with Crippen molar-refractivity contribution in [3.8, 4) is 5.75 Å². The van der Waals surface area contributed by atoms with E-state index in [1.165, 1.54) is 16.7 Å². The van der Waals surface area contributed by atoms with Gasteiger partial charge in [-0.15, -0.1) is 0 Å². The zero-order valence-corrected chi connectivity index (χ0v) is 14.5. The Labute approximate surface area is 144 Å². The minimum Gasteiger partial charge on any atom is -0.492 e. The second-order valence-corrected chi connectivity index (χ2v) is 5.87. The number of rotatable bonds is 8. The fraction of sp³-hybridized carbons (Fsp3) is 0.350. The van der Waals surface area contributed by atoms with Crippen LogP contribution in [0.3, 0.4) is 0 Å². The Morgan fingerprint density at radius 1 is 0.958 bits per heavy atom. The molecule has 2 rings (SSSR count). The number of hydrogen-bond acceptors (Lipinski definition) is 2. The van der Waals surface area contributed by atoms with Crippen LogP contribution in [0.25, 0.3) is 0 Å². The minimum absolute atomic E-state index is 0.147. The normalized spacial score (nSPS) is 10.2. The van der Waals surface area contributed by atoms with Gasteiger partial charge in [-0.1, -0.05) is 36.4 Å². The highest BCUT2D eigenvalue weighted by Gasteiger charge is 2.00. The fourth-order valence-electron chi connectivity index (χ4n) is 2.34. The molecule has 128 valence electrons. The number of urea groups is 1. The summed E-state index contributed by atoms with van der Waals surface area (Å²) < 4.78 is 5.63. The van der Waals surface area contributed by atoms with Crippen LogP contribution in [-0.2, 0) is 6.42 Å². The fourth-order valence-corrected chi connectivity index (χ4v) is 2.34. The lowest BCUT2D eigenvalue weighted by molar-refractivity contribution is 0.236. The van der Waals surface area contributed by atoms with E-state index in [1.54, 1.807) is 0 Å². The third kappa shape index (κ3) is 6.32. The van der Waals surface area contributed by atoms with Gasteiger partial charge in [-0.05, 0) is 55.5 Å². The van der Waals surface area contributed by atoms with Gasteiger partial charge in [-0.2, -0.15) is 0 Å². The van der Waals surface area contributed by atoms with Crippen molar-refractivity contribution >= 4 is 6.03 Å². The van der Waals surface area contributed by atoms with E-state index in [0.717, 1.165) is 18.6 Å². The molecule has 0 saturated carbocycles. The van der Waals surface area contributed by atoms with E-state index in [1.807, 2.05) is 36.4 Å². The SMILES string of the molecule is Cc1ccc(OCCNC(=O)NCCCc2ccccc2)cc1C. The van der Waals surface area contributed by atoms with Crippen LogP contribution >= 0.6 is 0 Å². The summed E-state index contributed by atoms with van der Waals surface area (Å²) in [4.78, 5) is 11.7. The average molecular weight is 326 g/mol. The molecule has 0 aliphatic rings. The van der Waals surface area contributed by atoms with E-state index in [9.17, 15) is 4.79 Å². The third-order valence-electron chi connectivity index (χ3n) is 3.91. The molecule has 0 aliphatic carbocycles. The lowest BCUT2D eigenvalue weighted by Gasteiger charge is -2.10. The van der Waals surface area contributed by atoms with E-state index in [4.69, 9.17) is 4.74 Å². The van der Waals surface area contributed by atoms with Gasteiger partial charge in [0.1, 0.15) is 12.4 Å². The van der Waals surface area contributed by atoms with Crippen LogP contribution in [0, 0.1) is 13.8 Å². The molecule has 2 aromatic rings. The molecule has 0 spiro atoms. The summed E-state index contributed by atoms with van der Waals surface area (Å²) in [6.45, 7) is 5.74. The smallest absolute Gasteiger partial charge is 0.314 e. The Morgan fingerprint density at radius 3 is 2.46 bits per heavy atom. The monoisotopic (exact) mass is 326 g/mol. The van der Waals surface area contributed by atoms with E-state index in [-0.39, 0.29) is 6.03 Å². The van der Waals surface area contributed by atoms with Crippen molar-refractivity contribution in [2.45, 2.75) is 26.7 Å². The van der Waals surface area contributed by atoms with Crippen molar-refractivity contribution in [3.05, 3.63) is 65.2 Å². The molecule has 0 bridgehead atoms. The second-order valence-electron chi connectivity index (χ2n) is 5.87. The van der Waals surface area contributed by atoms with Gasteiger partial charge < -0.3 is 15.4 Å². The van der Waals surface area contributed by atoms with Crippen LogP contribution in [-0.4, -0.2) is 25.7 Å². The predicted octanol–water partition coefficient (Wildman–Crippen LogP) is 3.61. The number of aryl methyl sites for hydroxylation is 3. The largest absolute Gasteiger partial charge is 0.492 e. The first-order chi connectivity index (χ1) is 11.6. The molecular formula is C20H26N2O2. The predicted molar refractivity (Wildman–Crippen MR) is 97.6 cm³/mol. The molecule has 0 heterocycles. The van der Waals surface area contributed by atoms with Crippen LogP contribution in [0.4, 0.5) is 4.79 Å². The molecule has 2 N–H and O–H groups in total. The van der Waals surface area contributed by atoms with Crippen molar-refractivity contribution in [3.63, 3.8) is 0 Å². The summed E-state index contributed by atoms with van der Waals surface area (Å²) in [5, 5.41) is 5.67. The van der Waals surface area contributed by atoms with E-state index in [2.05, 4.69) is 36.6 Å². The zero-order chi connectivity index (χ0) is 17.2. The van der Waals surface area contributed by atoms with E-state index < -0.39 is 0 Å². The molecule has 0 radical (unpaired) electrons. The zero-order valence-electron chi connectivity index (χ0n) is 14.5. The second kappa shape index (κ2) is 9.60. The van der Waals surface area contributed by atoms with E-state index >= 15 is 0 Å². The van der Waals surface area contributed by atoms with Gasteiger partial charge in [0.2, 0.25) is 0 Å². The average Bonchev–Trinajstić information content (AvgIpc) is 2.59. The summed E-state index contributed by atoms with van der Waals surface area (Å²) in [6, 6.07) is 16.1. The number of amides is 2. The molecule has 0 fully saturated rings. The quantitative estimate of drug-likeness (QED) is 0.728. The molecule has 2 amide bonds. The van der Waals surface area contributed by atoms with E-state index in [0.29, 0.717) is 19.7 Å². The molecule has 4 nitrogen and oxygen atoms in total. The molecule has 4 heteroatoms. The lowest BCUT2D eigenvalue weighted by Crippen LogP contribution is -2.38. The highest BCUT2D eigenvalue weighted by atomic mass is 16.5. The van der Waals surface area contributed by atoms with Crippen LogP contribution < -0.4 is 15.4 Å². The number of carbonyl (C=O) groups is 1. The highest BCUT2D eigenvalue weighted by molar-refractivity contribution is 5.73. The third-order valence-corrected chi connectivity index (χ3v) is 3.91. The van der Waals surface area contributed by atoms with Gasteiger partial charge >= 0.3 is 6.03 Å². The van der Waals surface area contributed by atoms with Crippen LogP contribution in [0.1, 0.15) is 23.1 Å². The molecule has 0 atom stereocenters. The van der Waals surface area contributed by atoms with Crippen molar-refractivity contribution in [1.29, 1.82) is 0 Å². The van der Waals surface area contributed by atoms with Gasteiger partial charge in [0.25, 0.3) is 0 Å². The standard InChI is InChI=1S/C20H26N2O2/c1-16-10-11-19(15-17(16)2)24-14-13-22-20(23)21-12-6-9-18-7-4-3-5-8-18/h3-5,7-8,10-11,15H,6,9,12-14H2,1-2H3,(H2,21,22,23). The molecular weight excluding hydrogens is 300 g/mol. The number of hydrogen-bond donors (Lipinski definition) is 2. The van der Waals surface area contributed by atoms with Crippen molar-refractivity contribution < 1.29 is 9.53 Å². The molecule has 24 heavy (non-hydrogen) atoms. The van der Waals surface area contributed by atoms with Gasteiger partial charge in [0.05, 0.1) is 6.54 Å². The number of nitrogens with one attached hydrogen (secondary N) is 2. The van der Waals surface area contributed by atoms with Crippen LogP contribution in [0.15, 0.2) is 48.5 Å². The Morgan fingerprint density at radius 2 is 1.71 bits per heavy atom. The van der Waals surface area contributed by atoms with Crippen molar-refractivity contribution in [1.82, 2.24) is 10.6 Å². The maximum absolute atomic E-state index is 11.7. The number of carbonyl (C=O) groups excluding carboxylic acids is 1. The Hall–Kier alpha value is -2.49. The Kier molecular flexibility index (Phi) is 7.15. The van der Waals surface area contributed by atoms with Gasteiger partial charge in [-0.3, -0.25) is 0 Å². The van der Waals surface area contributed by atoms with Gasteiger partial charge in [0, 0.05) is 6.54 Å². The van der Waals surface area contributed by atoms with Crippen molar-refractivity contribution in [2.24, 2.45) is 0 Å². The summed E-state index contributed by atoms with van der Waals surface area (Å²) in [6.07, 6.45) is 1.90. The Balaban J connectivity index is 1.54. The molecule has 0 saturated heterocycles. The summed E-state index contributed by atoms with van der Waals surface area (Å²) in [5.74, 6) is 0.836.